The second-order valence-electron chi connectivity index (χ2n) is 3.45. The van der Waals surface area contributed by atoms with E-state index < -0.39 is 0 Å². The summed E-state index contributed by atoms with van der Waals surface area (Å²) in [6.45, 7) is 0. The molecule has 0 saturated carbocycles. The minimum atomic E-state index is 0.562. The van der Waals surface area contributed by atoms with Crippen molar-refractivity contribution in [2.45, 2.75) is 0 Å². The molecule has 0 amide bonds. The molecule has 0 bridgehead atoms. The molecule has 4 heteroatoms. The zero-order valence-electron chi connectivity index (χ0n) is 9.21. The number of benzene rings is 2. The highest BCUT2D eigenvalue weighted by atomic mass is 35.5. The lowest BCUT2D eigenvalue weighted by molar-refractivity contribution is 0.483. The van der Waals surface area contributed by atoms with Gasteiger partial charge in [0.2, 0.25) is 0 Å². The lowest BCUT2D eigenvalue weighted by Crippen LogP contribution is -1.89. The van der Waals surface area contributed by atoms with Crippen molar-refractivity contribution in [1.29, 1.82) is 0 Å². The number of anilines is 1. The van der Waals surface area contributed by atoms with E-state index in [4.69, 9.17) is 27.9 Å². The van der Waals surface area contributed by atoms with Gasteiger partial charge in [0.25, 0.3) is 0 Å². The number of hydrogen-bond acceptors (Lipinski definition) is 2. The molecule has 0 saturated heterocycles. The fourth-order valence-corrected chi connectivity index (χ4v) is 1.71. The Morgan fingerprint density at radius 1 is 1.00 bits per heavy atom. The van der Waals surface area contributed by atoms with Crippen molar-refractivity contribution in [3.63, 3.8) is 0 Å². The van der Waals surface area contributed by atoms with E-state index >= 15 is 0 Å². The number of hydrogen-bond donors (Lipinski definition) is 1. The maximum Gasteiger partial charge on any atom is 0.146 e. The van der Waals surface area contributed by atoms with E-state index in [0.29, 0.717) is 21.5 Å². The van der Waals surface area contributed by atoms with E-state index in [9.17, 15) is 0 Å². The lowest BCUT2D eigenvalue weighted by Gasteiger charge is -2.09. The monoisotopic (exact) mass is 267 g/mol. The van der Waals surface area contributed by atoms with E-state index in [2.05, 4.69) is 5.32 Å². The number of nitrogens with one attached hydrogen (secondary N) is 1. The van der Waals surface area contributed by atoms with Crippen LogP contribution in [-0.4, -0.2) is 7.05 Å². The smallest absolute Gasteiger partial charge is 0.146 e. The van der Waals surface area contributed by atoms with Crippen LogP contribution < -0.4 is 10.1 Å². The molecule has 0 radical (unpaired) electrons. The van der Waals surface area contributed by atoms with Crippen LogP contribution in [0.3, 0.4) is 0 Å². The van der Waals surface area contributed by atoms with Crippen LogP contribution in [0.5, 0.6) is 11.5 Å². The van der Waals surface area contributed by atoms with Gasteiger partial charge in [-0.15, -0.1) is 0 Å². The molecule has 0 aliphatic rings. The van der Waals surface area contributed by atoms with Crippen LogP contribution in [0.4, 0.5) is 5.69 Å². The Balaban J connectivity index is 2.21. The van der Waals surface area contributed by atoms with Crippen LogP contribution in [-0.2, 0) is 0 Å². The van der Waals surface area contributed by atoms with Gasteiger partial charge < -0.3 is 10.1 Å². The maximum absolute atomic E-state index is 6.10. The molecule has 0 unspecified atom stereocenters. The third-order valence-electron chi connectivity index (χ3n) is 2.26. The normalized spacial score (nSPS) is 10.1. The number of halogens is 2. The summed E-state index contributed by atoms with van der Waals surface area (Å²) in [5.41, 5.74) is 0.943. The average Bonchev–Trinajstić information content (AvgIpc) is 2.34. The summed E-state index contributed by atoms with van der Waals surface area (Å²) in [4.78, 5) is 0. The summed E-state index contributed by atoms with van der Waals surface area (Å²) in [5.74, 6) is 1.32. The first-order valence-electron chi connectivity index (χ1n) is 5.10. The van der Waals surface area contributed by atoms with E-state index in [1.807, 2.05) is 25.2 Å². The van der Waals surface area contributed by atoms with Gasteiger partial charge in [0.15, 0.2) is 0 Å². The van der Waals surface area contributed by atoms with Gasteiger partial charge in [0, 0.05) is 17.8 Å². The van der Waals surface area contributed by atoms with Crippen molar-refractivity contribution in [1.82, 2.24) is 0 Å². The Kier molecular flexibility index (Phi) is 3.77. The first-order valence-corrected chi connectivity index (χ1v) is 5.85. The van der Waals surface area contributed by atoms with Crippen LogP contribution in [0.25, 0.3) is 0 Å². The minimum absolute atomic E-state index is 0.562. The van der Waals surface area contributed by atoms with Crippen molar-refractivity contribution >= 4 is 28.9 Å². The third kappa shape index (κ3) is 3.05. The van der Waals surface area contributed by atoms with Gasteiger partial charge >= 0.3 is 0 Å². The van der Waals surface area contributed by atoms with Gasteiger partial charge in [0.05, 0.1) is 5.02 Å². The fourth-order valence-electron chi connectivity index (χ4n) is 1.37. The Morgan fingerprint density at radius 3 is 2.29 bits per heavy atom. The van der Waals surface area contributed by atoms with Crippen LogP contribution in [0, 0.1) is 0 Å². The predicted molar refractivity (Wildman–Crippen MR) is 72.5 cm³/mol. The summed E-state index contributed by atoms with van der Waals surface area (Å²) in [7, 11) is 1.84. The van der Waals surface area contributed by atoms with Crippen LogP contribution in [0.1, 0.15) is 0 Å². The summed E-state index contributed by atoms with van der Waals surface area (Å²) in [6, 6.07) is 12.7. The lowest BCUT2D eigenvalue weighted by atomic mass is 10.3. The van der Waals surface area contributed by atoms with Gasteiger partial charge in [0.1, 0.15) is 11.5 Å². The van der Waals surface area contributed by atoms with Crippen LogP contribution in [0.2, 0.25) is 10.0 Å². The fraction of sp³-hybridized carbons (Fsp3) is 0.0769. The zero-order chi connectivity index (χ0) is 12.3. The van der Waals surface area contributed by atoms with Gasteiger partial charge in [-0.1, -0.05) is 23.2 Å². The highest BCUT2D eigenvalue weighted by Gasteiger charge is 2.04. The SMILES string of the molecule is CNc1ccc(Oc2ccc(Cl)cc2)c(Cl)c1. The maximum atomic E-state index is 6.10. The Bertz CT molecular complexity index is 511. The topological polar surface area (TPSA) is 21.3 Å². The minimum Gasteiger partial charge on any atom is -0.456 e. The molecule has 88 valence electrons. The summed E-state index contributed by atoms with van der Waals surface area (Å²) < 4.78 is 5.65. The second-order valence-corrected chi connectivity index (χ2v) is 4.29. The summed E-state index contributed by atoms with van der Waals surface area (Å²) in [6.07, 6.45) is 0. The Hall–Kier alpha value is -1.38. The Morgan fingerprint density at radius 2 is 1.71 bits per heavy atom. The molecule has 1 N–H and O–H groups in total. The molecule has 0 fully saturated rings. The quantitative estimate of drug-likeness (QED) is 0.861. The van der Waals surface area contributed by atoms with Gasteiger partial charge in [-0.25, -0.2) is 0 Å². The van der Waals surface area contributed by atoms with Gasteiger partial charge in [-0.05, 0) is 42.5 Å². The molecule has 0 heterocycles. The van der Waals surface area contributed by atoms with Crippen LogP contribution in [0.15, 0.2) is 42.5 Å². The predicted octanol–water partition coefficient (Wildman–Crippen LogP) is 4.83. The molecule has 17 heavy (non-hydrogen) atoms. The standard InChI is InChI=1S/C13H11Cl2NO/c1-16-10-4-7-13(12(15)8-10)17-11-5-2-9(14)3-6-11/h2-8,16H,1H3. The summed E-state index contributed by atoms with van der Waals surface area (Å²) >= 11 is 11.9. The van der Waals surface area contributed by atoms with E-state index in [-0.39, 0.29) is 0 Å². The van der Waals surface area contributed by atoms with E-state index in [1.165, 1.54) is 0 Å². The molecule has 2 aromatic carbocycles. The molecular weight excluding hydrogens is 257 g/mol. The van der Waals surface area contributed by atoms with Crippen LogP contribution >= 0.6 is 23.2 Å². The summed E-state index contributed by atoms with van der Waals surface area (Å²) in [5, 5.41) is 4.25. The molecule has 0 aromatic heterocycles. The van der Waals surface area contributed by atoms with E-state index in [1.54, 1.807) is 24.3 Å². The van der Waals surface area contributed by atoms with Crippen molar-refractivity contribution in [3.05, 3.63) is 52.5 Å². The largest absolute Gasteiger partial charge is 0.456 e. The second kappa shape index (κ2) is 5.30. The zero-order valence-corrected chi connectivity index (χ0v) is 10.7. The van der Waals surface area contributed by atoms with Gasteiger partial charge in [-0.2, -0.15) is 0 Å². The third-order valence-corrected chi connectivity index (χ3v) is 2.81. The number of ether oxygens (including phenoxy) is 1. The van der Waals surface area contributed by atoms with Crippen molar-refractivity contribution in [3.8, 4) is 11.5 Å². The van der Waals surface area contributed by atoms with Crippen molar-refractivity contribution < 1.29 is 4.74 Å². The first-order chi connectivity index (χ1) is 8.19. The highest BCUT2D eigenvalue weighted by Crippen LogP contribution is 2.31. The van der Waals surface area contributed by atoms with Crippen molar-refractivity contribution in [2.75, 3.05) is 12.4 Å². The molecule has 2 rings (SSSR count). The van der Waals surface area contributed by atoms with E-state index in [0.717, 1.165) is 5.69 Å². The first kappa shape index (κ1) is 12.1. The molecule has 0 spiro atoms. The number of rotatable bonds is 3. The molecular formula is C13H11Cl2NO. The average molecular weight is 268 g/mol. The molecule has 0 atom stereocenters. The molecule has 2 nitrogen and oxygen atoms in total. The van der Waals surface area contributed by atoms with Crippen molar-refractivity contribution in [2.24, 2.45) is 0 Å². The molecule has 0 aliphatic carbocycles. The van der Waals surface area contributed by atoms with Gasteiger partial charge in [-0.3, -0.25) is 0 Å². The highest BCUT2D eigenvalue weighted by molar-refractivity contribution is 6.32. The molecule has 0 aliphatic heterocycles. The molecule has 2 aromatic rings. The Labute approximate surface area is 110 Å².